The van der Waals surface area contributed by atoms with E-state index < -0.39 is 16.1 Å². The summed E-state index contributed by atoms with van der Waals surface area (Å²) < 4.78 is 25.8. The average Bonchev–Trinajstić information content (AvgIpc) is 2.46. The zero-order chi connectivity index (χ0) is 17.0. The monoisotopic (exact) mass is 359 g/mol. The van der Waals surface area contributed by atoms with Crippen LogP contribution in [0, 0.1) is 0 Å². The minimum atomic E-state index is -3.43. The molecule has 8 heteroatoms. The van der Waals surface area contributed by atoms with E-state index in [4.69, 9.17) is 11.6 Å². The first kappa shape index (κ1) is 18.2. The molecule has 1 fully saturated rings. The fraction of sp³-hybridized carbons (Fsp3) is 0.533. The van der Waals surface area contributed by atoms with Gasteiger partial charge in [-0.3, -0.25) is 4.79 Å². The second-order valence-corrected chi connectivity index (χ2v) is 8.10. The topological polar surface area (TPSA) is 69.7 Å². The van der Waals surface area contributed by atoms with Crippen LogP contribution in [0.5, 0.6) is 0 Å². The number of carbonyl (C=O) groups excluding carboxylic acids is 1. The molecule has 1 unspecified atom stereocenters. The molecule has 128 valence electrons. The van der Waals surface area contributed by atoms with Crippen LogP contribution in [0.25, 0.3) is 0 Å². The average molecular weight is 360 g/mol. The predicted molar refractivity (Wildman–Crippen MR) is 90.9 cm³/mol. The van der Waals surface area contributed by atoms with Crippen molar-refractivity contribution in [3.8, 4) is 0 Å². The lowest BCUT2D eigenvalue weighted by Gasteiger charge is -2.33. The number of hydrogen-bond acceptors (Lipinski definition) is 4. The van der Waals surface area contributed by atoms with Gasteiger partial charge in [-0.05, 0) is 24.7 Å². The number of benzene rings is 1. The van der Waals surface area contributed by atoms with Gasteiger partial charge in [0.1, 0.15) is 0 Å². The number of piperazine rings is 1. The Morgan fingerprint density at radius 3 is 2.30 bits per heavy atom. The molecule has 1 saturated heterocycles. The number of likely N-dealkylation sites (N-methyl/N-ethyl adjacent to an activating group) is 1. The fourth-order valence-corrected chi connectivity index (χ4v) is 3.40. The maximum Gasteiger partial charge on any atom is 0.224 e. The molecule has 1 aliphatic heterocycles. The number of amides is 1. The number of sulfonamides is 1. The van der Waals surface area contributed by atoms with E-state index in [-0.39, 0.29) is 12.3 Å². The van der Waals surface area contributed by atoms with E-state index in [1.54, 1.807) is 29.2 Å². The standard InChI is InChI=1S/C15H22ClN3O3S/c1-18-7-9-19(10-8-18)15(20)11-14(17-23(2,21)22)12-3-5-13(16)6-4-12/h3-6,14,17H,7-11H2,1-2H3. The van der Waals surface area contributed by atoms with Gasteiger partial charge >= 0.3 is 0 Å². The third-order valence-corrected chi connectivity index (χ3v) is 4.83. The lowest BCUT2D eigenvalue weighted by molar-refractivity contribution is -0.133. The van der Waals surface area contributed by atoms with Gasteiger partial charge in [-0.1, -0.05) is 23.7 Å². The van der Waals surface area contributed by atoms with Gasteiger partial charge in [0.05, 0.1) is 12.3 Å². The van der Waals surface area contributed by atoms with Gasteiger partial charge in [-0.15, -0.1) is 0 Å². The van der Waals surface area contributed by atoms with Crippen molar-refractivity contribution in [3.05, 3.63) is 34.9 Å². The summed E-state index contributed by atoms with van der Waals surface area (Å²) >= 11 is 5.87. The SMILES string of the molecule is CN1CCN(C(=O)CC(NS(C)(=O)=O)c2ccc(Cl)cc2)CC1. The first-order chi connectivity index (χ1) is 10.7. The summed E-state index contributed by atoms with van der Waals surface area (Å²) in [4.78, 5) is 16.4. The van der Waals surface area contributed by atoms with Crippen LogP contribution in [0.4, 0.5) is 0 Å². The van der Waals surface area contributed by atoms with Crippen molar-refractivity contribution in [2.24, 2.45) is 0 Å². The van der Waals surface area contributed by atoms with Crippen LogP contribution < -0.4 is 4.72 Å². The van der Waals surface area contributed by atoms with Crippen LogP contribution in [0.2, 0.25) is 5.02 Å². The molecule has 1 heterocycles. The Kier molecular flexibility index (Phi) is 6.02. The molecule has 1 atom stereocenters. The van der Waals surface area contributed by atoms with Gasteiger partial charge in [0, 0.05) is 37.6 Å². The first-order valence-electron chi connectivity index (χ1n) is 7.44. The van der Waals surface area contributed by atoms with Crippen LogP contribution in [0.1, 0.15) is 18.0 Å². The Hall–Kier alpha value is -1.15. The smallest absolute Gasteiger partial charge is 0.224 e. The van der Waals surface area contributed by atoms with Crippen LogP contribution in [0.15, 0.2) is 24.3 Å². The minimum absolute atomic E-state index is 0.0470. The Morgan fingerprint density at radius 2 is 1.78 bits per heavy atom. The summed E-state index contributed by atoms with van der Waals surface area (Å²) in [5.74, 6) is -0.0470. The number of nitrogens with one attached hydrogen (secondary N) is 1. The van der Waals surface area contributed by atoms with E-state index in [0.717, 1.165) is 24.9 Å². The summed E-state index contributed by atoms with van der Waals surface area (Å²) in [6, 6.07) is 6.27. The second kappa shape index (κ2) is 7.61. The molecule has 0 aliphatic carbocycles. The molecule has 1 aromatic rings. The largest absolute Gasteiger partial charge is 0.340 e. The van der Waals surface area contributed by atoms with Crippen molar-refractivity contribution >= 4 is 27.5 Å². The Morgan fingerprint density at radius 1 is 1.22 bits per heavy atom. The van der Waals surface area contributed by atoms with E-state index >= 15 is 0 Å². The van der Waals surface area contributed by atoms with E-state index in [1.165, 1.54) is 0 Å². The highest BCUT2D eigenvalue weighted by atomic mass is 35.5. The number of nitrogens with zero attached hydrogens (tertiary/aromatic N) is 2. The van der Waals surface area contributed by atoms with Crippen LogP contribution in [0.3, 0.4) is 0 Å². The van der Waals surface area contributed by atoms with Crippen molar-refractivity contribution in [2.45, 2.75) is 12.5 Å². The van der Waals surface area contributed by atoms with Gasteiger partial charge in [0.25, 0.3) is 0 Å². The van der Waals surface area contributed by atoms with Gasteiger partial charge in [0.15, 0.2) is 0 Å². The molecule has 1 aliphatic rings. The number of carbonyl (C=O) groups is 1. The van der Waals surface area contributed by atoms with Crippen molar-refractivity contribution in [2.75, 3.05) is 39.5 Å². The van der Waals surface area contributed by atoms with Crippen LogP contribution >= 0.6 is 11.6 Å². The number of hydrogen-bond donors (Lipinski definition) is 1. The molecule has 0 aromatic heterocycles. The van der Waals surface area contributed by atoms with Crippen LogP contribution in [-0.2, 0) is 14.8 Å². The number of rotatable bonds is 5. The third kappa shape index (κ3) is 5.76. The summed E-state index contributed by atoms with van der Waals surface area (Å²) in [6.45, 7) is 3.00. The van der Waals surface area contributed by atoms with E-state index in [9.17, 15) is 13.2 Å². The van der Waals surface area contributed by atoms with Crippen molar-refractivity contribution in [1.29, 1.82) is 0 Å². The van der Waals surface area contributed by atoms with Gasteiger partial charge in [-0.2, -0.15) is 0 Å². The summed E-state index contributed by atoms with van der Waals surface area (Å²) in [5, 5.41) is 0.567. The molecule has 0 radical (unpaired) electrons. The van der Waals surface area contributed by atoms with E-state index in [2.05, 4.69) is 9.62 Å². The van der Waals surface area contributed by atoms with Gasteiger partial charge in [0.2, 0.25) is 15.9 Å². The lowest BCUT2D eigenvalue weighted by atomic mass is 10.0. The normalized spacial score (nSPS) is 18.0. The Balaban J connectivity index is 2.11. The zero-order valence-electron chi connectivity index (χ0n) is 13.3. The molecule has 0 bridgehead atoms. The predicted octanol–water partition coefficient (Wildman–Crippen LogP) is 1.09. The van der Waals surface area contributed by atoms with Crippen molar-refractivity contribution < 1.29 is 13.2 Å². The molecule has 2 rings (SSSR count). The summed E-state index contributed by atoms with van der Waals surface area (Å²) in [7, 11) is -1.41. The van der Waals surface area contributed by atoms with Crippen LogP contribution in [-0.4, -0.2) is 63.6 Å². The van der Waals surface area contributed by atoms with E-state index in [0.29, 0.717) is 18.1 Å². The number of halogens is 1. The van der Waals surface area contributed by atoms with Gasteiger partial charge in [-0.25, -0.2) is 13.1 Å². The maximum atomic E-state index is 12.5. The lowest BCUT2D eigenvalue weighted by Crippen LogP contribution is -2.48. The molecule has 23 heavy (non-hydrogen) atoms. The Labute approximate surface area is 142 Å². The molecule has 1 aromatic carbocycles. The first-order valence-corrected chi connectivity index (χ1v) is 9.70. The maximum absolute atomic E-state index is 12.5. The van der Waals surface area contributed by atoms with Gasteiger partial charge < -0.3 is 9.80 Å². The fourth-order valence-electron chi connectivity index (χ4n) is 2.54. The second-order valence-electron chi connectivity index (χ2n) is 5.88. The molecule has 6 nitrogen and oxygen atoms in total. The molecule has 0 spiro atoms. The molecular formula is C15H22ClN3O3S. The summed E-state index contributed by atoms with van der Waals surface area (Å²) in [6.07, 6.45) is 1.19. The highest BCUT2D eigenvalue weighted by molar-refractivity contribution is 7.88. The van der Waals surface area contributed by atoms with E-state index in [1.807, 2.05) is 7.05 Å². The Bertz CT molecular complexity index is 640. The minimum Gasteiger partial charge on any atom is -0.340 e. The zero-order valence-corrected chi connectivity index (χ0v) is 14.9. The molecule has 0 saturated carbocycles. The molecule has 1 amide bonds. The van der Waals surface area contributed by atoms with Crippen molar-refractivity contribution in [1.82, 2.24) is 14.5 Å². The quantitative estimate of drug-likeness (QED) is 0.854. The molecule has 1 N–H and O–H groups in total. The highest BCUT2D eigenvalue weighted by Crippen LogP contribution is 2.21. The highest BCUT2D eigenvalue weighted by Gasteiger charge is 2.25. The summed E-state index contributed by atoms with van der Waals surface area (Å²) in [5.41, 5.74) is 0.724. The van der Waals surface area contributed by atoms with Crippen molar-refractivity contribution in [3.63, 3.8) is 0 Å². The molecular weight excluding hydrogens is 338 g/mol. The third-order valence-electron chi connectivity index (χ3n) is 3.86.